The van der Waals surface area contributed by atoms with E-state index >= 15 is 0 Å². The summed E-state index contributed by atoms with van der Waals surface area (Å²) in [5, 5.41) is 0.228. The Morgan fingerprint density at radius 3 is 2.34 bits per heavy atom. The minimum Gasteiger partial charge on any atom is -0.399 e. The molecule has 150 valence electrons. The topological polar surface area (TPSA) is 73.3 Å². The van der Waals surface area contributed by atoms with Gasteiger partial charge in [-0.15, -0.1) is 0 Å². The van der Waals surface area contributed by atoms with Gasteiger partial charge in [0.25, 0.3) is 5.56 Å². The summed E-state index contributed by atoms with van der Waals surface area (Å²) in [6.07, 6.45) is 0. The van der Waals surface area contributed by atoms with Crippen LogP contribution in [0.15, 0.2) is 46.0 Å². The molecule has 0 saturated carbocycles. The van der Waals surface area contributed by atoms with Gasteiger partial charge >= 0.3 is 12.8 Å². The van der Waals surface area contributed by atoms with E-state index in [1.807, 2.05) is 40.7 Å². The summed E-state index contributed by atoms with van der Waals surface area (Å²) >= 11 is 0. The molecular formula is C21H22BFN2O4. The van der Waals surface area contributed by atoms with Crippen LogP contribution in [-0.4, -0.2) is 27.9 Å². The van der Waals surface area contributed by atoms with Crippen LogP contribution >= 0.6 is 0 Å². The van der Waals surface area contributed by atoms with Gasteiger partial charge in [0.15, 0.2) is 0 Å². The van der Waals surface area contributed by atoms with E-state index in [4.69, 9.17) is 9.31 Å². The van der Waals surface area contributed by atoms with Gasteiger partial charge in [-0.2, -0.15) is 0 Å². The normalized spacial score (nSPS) is 17.8. The maximum atomic E-state index is 13.5. The maximum absolute atomic E-state index is 13.5. The first-order chi connectivity index (χ1) is 13.5. The minimum absolute atomic E-state index is 0.163. The van der Waals surface area contributed by atoms with Crippen LogP contribution in [0.2, 0.25) is 0 Å². The second-order valence-electron chi connectivity index (χ2n) is 8.34. The molecule has 0 spiro atoms. The standard InChI is InChI=1S/C21H22BFN2O4/c1-12-15(22-28-20(2,3)21(4,5)29-22)7-6-8-17(12)25-18(26)14-10-9-13(23)11-16(14)24-19(25)27/h6-11H,1-5H3,(H,24,27). The molecule has 4 rings (SSSR count). The molecule has 1 N–H and O–H groups in total. The second kappa shape index (κ2) is 6.40. The van der Waals surface area contributed by atoms with Gasteiger partial charge in [-0.05, 0) is 69.9 Å². The number of aromatic amines is 1. The summed E-state index contributed by atoms with van der Waals surface area (Å²) in [7, 11) is -0.621. The first-order valence-corrected chi connectivity index (χ1v) is 9.42. The van der Waals surface area contributed by atoms with Gasteiger partial charge in [-0.3, -0.25) is 4.79 Å². The quantitative estimate of drug-likeness (QED) is 0.676. The maximum Gasteiger partial charge on any atom is 0.495 e. The Morgan fingerprint density at radius 2 is 1.69 bits per heavy atom. The summed E-state index contributed by atoms with van der Waals surface area (Å²) < 4.78 is 26.8. The molecule has 0 atom stereocenters. The van der Waals surface area contributed by atoms with Gasteiger partial charge in [0.2, 0.25) is 0 Å². The number of hydrogen-bond donors (Lipinski definition) is 1. The van der Waals surface area contributed by atoms with Gasteiger partial charge in [0.1, 0.15) is 5.82 Å². The Balaban J connectivity index is 1.89. The largest absolute Gasteiger partial charge is 0.495 e. The summed E-state index contributed by atoms with van der Waals surface area (Å²) in [5.74, 6) is -0.524. The Morgan fingerprint density at radius 1 is 1.03 bits per heavy atom. The van der Waals surface area contributed by atoms with Crippen molar-refractivity contribution in [3.8, 4) is 5.69 Å². The van der Waals surface area contributed by atoms with E-state index in [2.05, 4.69) is 4.98 Å². The fraction of sp³-hybridized carbons (Fsp3) is 0.333. The van der Waals surface area contributed by atoms with Crippen LogP contribution in [-0.2, 0) is 9.31 Å². The Bertz CT molecular complexity index is 1230. The highest BCUT2D eigenvalue weighted by molar-refractivity contribution is 6.62. The van der Waals surface area contributed by atoms with Crippen molar-refractivity contribution in [3.05, 3.63) is 68.6 Å². The average molecular weight is 396 g/mol. The SMILES string of the molecule is Cc1c(B2OC(C)(C)C(C)(C)O2)cccc1-n1c(=O)[nH]c2cc(F)ccc2c1=O. The second-order valence-corrected chi connectivity index (χ2v) is 8.34. The summed E-state index contributed by atoms with van der Waals surface area (Å²) in [6.45, 7) is 9.66. The van der Waals surface area contributed by atoms with Crippen LogP contribution in [0.1, 0.15) is 33.3 Å². The number of nitrogens with one attached hydrogen (secondary N) is 1. The lowest BCUT2D eigenvalue weighted by Crippen LogP contribution is -2.41. The van der Waals surface area contributed by atoms with Gasteiger partial charge < -0.3 is 14.3 Å². The van der Waals surface area contributed by atoms with Crippen molar-refractivity contribution in [3.63, 3.8) is 0 Å². The lowest BCUT2D eigenvalue weighted by atomic mass is 9.76. The number of benzene rings is 2. The van der Waals surface area contributed by atoms with Crippen LogP contribution in [0, 0.1) is 12.7 Å². The minimum atomic E-state index is -0.637. The molecule has 8 heteroatoms. The number of aromatic nitrogens is 2. The van der Waals surface area contributed by atoms with Gasteiger partial charge in [-0.1, -0.05) is 12.1 Å². The van der Waals surface area contributed by atoms with E-state index in [1.165, 1.54) is 12.1 Å². The molecule has 0 bridgehead atoms. The lowest BCUT2D eigenvalue weighted by Gasteiger charge is -2.32. The number of nitrogens with zero attached hydrogens (tertiary/aromatic N) is 1. The van der Waals surface area contributed by atoms with E-state index in [0.717, 1.165) is 16.1 Å². The van der Waals surface area contributed by atoms with Crippen molar-refractivity contribution >= 4 is 23.5 Å². The van der Waals surface area contributed by atoms with E-state index in [-0.39, 0.29) is 10.9 Å². The van der Waals surface area contributed by atoms with Gasteiger partial charge in [-0.25, -0.2) is 13.8 Å². The van der Waals surface area contributed by atoms with Gasteiger partial charge in [0, 0.05) is 0 Å². The van der Waals surface area contributed by atoms with Gasteiger partial charge in [0.05, 0.1) is 27.8 Å². The molecule has 0 amide bonds. The smallest absolute Gasteiger partial charge is 0.399 e. The molecule has 1 fully saturated rings. The van der Waals surface area contributed by atoms with Crippen LogP contribution in [0.4, 0.5) is 4.39 Å². The molecule has 0 radical (unpaired) electrons. The van der Waals surface area contributed by atoms with E-state index in [9.17, 15) is 14.0 Å². The molecule has 1 aliphatic heterocycles. The molecule has 0 aliphatic carbocycles. The van der Waals surface area contributed by atoms with Crippen molar-refractivity contribution in [2.45, 2.75) is 45.8 Å². The van der Waals surface area contributed by atoms with Crippen molar-refractivity contribution in [1.29, 1.82) is 0 Å². The van der Waals surface area contributed by atoms with Crippen molar-refractivity contribution in [1.82, 2.24) is 9.55 Å². The first-order valence-electron chi connectivity index (χ1n) is 9.42. The Hall–Kier alpha value is -2.71. The number of H-pyrrole nitrogens is 1. The molecule has 2 aromatic carbocycles. The highest BCUT2D eigenvalue weighted by Crippen LogP contribution is 2.36. The first kappa shape index (κ1) is 19.6. The fourth-order valence-electron chi connectivity index (χ4n) is 3.52. The van der Waals surface area contributed by atoms with Crippen molar-refractivity contribution in [2.75, 3.05) is 0 Å². The summed E-state index contributed by atoms with van der Waals surface area (Å²) in [4.78, 5) is 28.3. The number of hydrogen-bond acceptors (Lipinski definition) is 4. The molecule has 3 aromatic rings. The highest BCUT2D eigenvalue weighted by Gasteiger charge is 2.52. The predicted octanol–water partition coefficient (Wildman–Crippen LogP) is 2.43. The monoisotopic (exact) mass is 396 g/mol. The average Bonchev–Trinajstić information content (AvgIpc) is 2.83. The number of fused-ring (bicyclic) bond motifs is 1. The van der Waals surface area contributed by atoms with Crippen LogP contribution in [0.3, 0.4) is 0 Å². The predicted molar refractivity (Wildman–Crippen MR) is 111 cm³/mol. The van der Waals surface area contributed by atoms with Crippen LogP contribution in [0.25, 0.3) is 16.6 Å². The molecule has 1 saturated heterocycles. The van der Waals surface area contributed by atoms with Crippen molar-refractivity contribution in [2.24, 2.45) is 0 Å². The Kier molecular flexibility index (Phi) is 4.33. The fourth-order valence-corrected chi connectivity index (χ4v) is 3.52. The van der Waals surface area contributed by atoms with E-state index in [0.29, 0.717) is 11.3 Å². The van der Waals surface area contributed by atoms with E-state index in [1.54, 1.807) is 12.1 Å². The van der Waals surface area contributed by atoms with Crippen molar-refractivity contribution < 1.29 is 13.7 Å². The molecule has 0 unspecified atom stereocenters. The third-order valence-corrected chi connectivity index (χ3v) is 5.95. The summed E-state index contributed by atoms with van der Waals surface area (Å²) in [5.41, 5.74) is -0.152. The third kappa shape index (κ3) is 3.03. The zero-order chi connectivity index (χ0) is 21.1. The zero-order valence-electron chi connectivity index (χ0n) is 17.0. The van der Waals surface area contributed by atoms with Crippen LogP contribution < -0.4 is 16.7 Å². The molecular weight excluding hydrogens is 374 g/mol. The lowest BCUT2D eigenvalue weighted by molar-refractivity contribution is 0.00578. The number of halogens is 1. The molecule has 6 nitrogen and oxygen atoms in total. The highest BCUT2D eigenvalue weighted by atomic mass is 19.1. The van der Waals surface area contributed by atoms with Crippen LogP contribution in [0.5, 0.6) is 0 Å². The Labute approximate surface area is 167 Å². The molecule has 2 heterocycles. The molecule has 1 aromatic heterocycles. The third-order valence-electron chi connectivity index (χ3n) is 5.95. The summed E-state index contributed by atoms with van der Waals surface area (Å²) in [6, 6.07) is 9.00. The van der Waals surface area contributed by atoms with E-state index < -0.39 is 35.4 Å². The molecule has 29 heavy (non-hydrogen) atoms. The molecule has 1 aliphatic rings. The zero-order valence-corrected chi connectivity index (χ0v) is 17.0. The number of rotatable bonds is 2.